The van der Waals surface area contributed by atoms with Crippen LogP contribution in [-0.2, 0) is 25.5 Å². The Morgan fingerprint density at radius 1 is 1.24 bits per heavy atom. The zero-order valence-corrected chi connectivity index (χ0v) is 11.9. The summed E-state index contributed by atoms with van der Waals surface area (Å²) >= 11 is 0. The van der Waals surface area contributed by atoms with Crippen molar-refractivity contribution in [3.05, 3.63) is 35.4 Å². The van der Waals surface area contributed by atoms with Crippen molar-refractivity contribution < 1.29 is 19.1 Å². The largest absolute Gasteiger partial charge is 0.468 e. The number of rotatable bonds is 2. The van der Waals surface area contributed by atoms with Crippen LogP contribution in [0.3, 0.4) is 0 Å². The average molecular weight is 288 g/mol. The number of fused-ring (bicyclic) bond motifs is 3. The minimum Gasteiger partial charge on any atom is -0.468 e. The summed E-state index contributed by atoms with van der Waals surface area (Å²) in [6.07, 6.45) is 0.832. The van der Waals surface area contributed by atoms with Crippen LogP contribution >= 0.6 is 0 Å². The lowest BCUT2D eigenvalue weighted by atomic mass is 9.84. The molecule has 2 aliphatic heterocycles. The summed E-state index contributed by atoms with van der Waals surface area (Å²) < 4.78 is 9.62. The SMILES string of the molecule is COC(=O)C1=NN2CCc3ccccc3[C@@H]2[C@@H]1C(=O)OC. The Labute approximate surface area is 122 Å². The standard InChI is InChI=1S/C15H16N2O4/c1-20-14(18)11-12(15(19)21-2)16-17-8-7-9-5-3-4-6-10(9)13(11)17/h3-6,11,13H,7-8H2,1-2H3/t11-,13-/m1/s1. The van der Waals surface area contributed by atoms with Gasteiger partial charge in [-0.1, -0.05) is 24.3 Å². The van der Waals surface area contributed by atoms with Gasteiger partial charge in [-0.05, 0) is 17.5 Å². The van der Waals surface area contributed by atoms with Crippen molar-refractivity contribution in [3.63, 3.8) is 0 Å². The minimum atomic E-state index is -0.746. The molecule has 0 unspecified atom stereocenters. The van der Waals surface area contributed by atoms with Crippen molar-refractivity contribution in [2.45, 2.75) is 12.5 Å². The second-order valence-electron chi connectivity index (χ2n) is 5.03. The Bertz CT molecular complexity index is 626. The molecule has 0 fully saturated rings. The van der Waals surface area contributed by atoms with Crippen LogP contribution in [0.2, 0.25) is 0 Å². The van der Waals surface area contributed by atoms with Crippen molar-refractivity contribution in [2.75, 3.05) is 20.8 Å². The van der Waals surface area contributed by atoms with Crippen LogP contribution in [0, 0.1) is 5.92 Å². The second kappa shape index (κ2) is 5.20. The summed E-state index contributed by atoms with van der Waals surface area (Å²) in [5, 5.41) is 6.09. The van der Waals surface area contributed by atoms with Gasteiger partial charge in [-0.25, -0.2) is 4.79 Å². The van der Waals surface area contributed by atoms with E-state index >= 15 is 0 Å². The highest BCUT2D eigenvalue weighted by atomic mass is 16.5. The Kier molecular flexibility index (Phi) is 3.37. The molecule has 2 heterocycles. The van der Waals surface area contributed by atoms with Gasteiger partial charge < -0.3 is 9.47 Å². The van der Waals surface area contributed by atoms with Gasteiger partial charge >= 0.3 is 11.9 Å². The van der Waals surface area contributed by atoms with Crippen LogP contribution in [0.5, 0.6) is 0 Å². The monoisotopic (exact) mass is 288 g/mol. The Morgan fingerprint density at radius 2 is 2.00 bits per heavy atom. The lowest BCUT2D eigenvalue weighted by Crippen LogP contribution is -2.38. The maximum Gasteiger partial charge on any atom is 0.355 e. The second-order valence-corrected chi connectivity index (χ2v) is 5.03. The van der Waals surface area contributed by atoms with Crippen LogP contribution in [0.1, 0.15) is 17.2 Å². The van der Waals surface area contributed by atoms with Gasteiger partial charge in [-0.3, -0.25) is 9.80 Å². The van der Waals surface area contributed by atoms with Gasteiger partial charge in [0.2, 0.25) is 0 Å². The fraction of sp³-hybridized carbons (Fsp3) is 0.400. The van der Waals surface area contributed by atoms with Gasteiger partial charge in [0.15, 0.2) is 5.71 Å². The van der Waals surface area contributed by atoms with Gasteiger partial charge in [0.25, 0.3) is 0 Å². The van der Waals surface area contributed by atoms with Crippen molar-refractivity contribution in [3.8, 4) is 0 Å². The molecule has 1 aromatic rings. The minimum absolute atomic E-state index is 0.117. The smallest absolute Gasteiger partial charge is 0.355 e. The molecule has 1 aromatic carbocycles. The Balaban J connectivity index is 2.07. The first-order chi connectivity index (χ1) is 10.2. The van der Waals surface area contributed by atoms with Crippen LogP contribution in [0.25, 0.3) is 0 Å². The summed E-state index contributed by atoms with van der Waals surface area (Å²) in [6, 6.07) is 7.61. The number of carbonyl (C=O) groups excluding carboxylic acids is 2. The fourth-order valence-corrected chi connectivity index (χ4v) is 3.04. The molecule has 6 heteroatoms. The molecule has 0 aliphatic carbocycles. The zero-order valence-electron chi connectivity index (χ0n) is 11.9. The van der Waals surface area contributed by atoms with E-state index in [1.165, 1.54) is 19.8 Å². The predicted molar refractivity (Wildman–Crippen MR) is 74.6 cm³/mol. The van der Waals surface area contributed by atoms with Crippen molar-refractivity contribution in [1.29, 1.82) is 0 Å². The van der Waals surface area contributed by atoms with Crippen molar-refractivity contribution in [2.24, 2.45) is 11.0 Å². The van der Waals surface area contributed by atoms with Crippen LogP contribution < -0.4 is 0 Å². The van der Waals surface area contributed by atoms with E-state index in [2.05, 4.69) is 5.10 Å². The van der Waals surface area contributed by atoms with Crippen molar-refractivity contribution in [1.82, 2.24) is 5.01 Å². The molecule has 110 valence electrons. The first-order valence-corrected chi connectivity index (χ1v) is 6.76. The van der Waals surface area contributed by atoms with E-state index in [-0.39, 0.29) is 11.8 Å². The number of methoxy groups -OCH3 is 2. The molecule has 6 nitrogen and oxygen atoms in total. The first-order valence-electron chi connectivity index (χ1n) is 6.76. The van der Waals surface area contributed by atoms with Crippen LogP contribution in [-0.4, -0.2) is 43.4 Å². The average Bonchev–Trinajstić information content (AvgIpc) is 2.93. The highest BCUT2D eigenvalue weighted by molar-refractivity contribution is 6.41. The molecule has 2 aliphatic rings. The van der Waals surface area contributed by atoms with E-state index < -0.39 is 17.9 Å². The molecule has 2 atom stereocenters. The van der Waals surface area contributed by atoms with Gasteiger partial charge in [0, 0.05) is 6.54 Å². The summed E-state index contributed by atoms with van der Waals surface area (Å²) in [7, 11) is 2.60. The van der Waals surface area contributed by atoms with E-state index in [1.807, 2.05) is 24.3 Å². The van der Waals surface area contributed by atoms with Gasteiger partial charge in [-0.15, -0.1) is 0 Å². The molecule has 21 heavy (non-hydrogen) atoms. The first kappa shape index (κ1) is 13.6. The molecule has 0 aromatic heterocycles. The third kappa shape index (κ3) is 2.07. The number of esters is 2. The zero-order chi connectivity index (χ0) is 15.0. The summed E-state index contributed by atoms with van der Waals surface area (Å²) in [5.41, 5.74) is 2.31. The molecule has 0 saturated carbocycles. The Morgan fingerprint density at radius 3 is 2.71 bits per heavy atom. The highest BCUT2D eigenvalue weighted by Crippen LogP contribution is 2.41. The van der Waals surface area contributed by atoms with E-state index in [4.69, 9.17) is 9.47 Å². The molecule has 0 amide bonds. The molecular formula is C15H16N2O4. The number of hydrogen-bond donors (Lipinski definition) is 0. The number of ether oxygens (including phenoxy) is 2. The van der Waals surface area contributed by atoms with E-state index in [0.29, 0.717) is 6.54 Å². The van der Waals surface area contributed by atoms with Gasteiger partial charge in [0.05, 0.1) is 20.3 Å². The highest BCUT2D eigenvalue weighted by Gasteiger charge is 2.48. The lowest BCUT2D eigenvalue weighted by Gasteiger charge is -2.33. The van der Waals surface area contributed by atoms with E-state index in [0.717, 1.165) is 12.0 Å². The Hall–Kier alpha value is -2.37. The number of hydrogen-bond acceptors (Lipinski definition) is 6. The van der Waals surface area contributed by atoms with E-state index in [1.54, 1.807) is 5.01 Å². The summed E-state index contributed by atoms with van der Waals surface area (Å²) in [4.78, 5) is 24.1. The number of nitrogens with zero attached hydrogens (tertiary/aromatic N) is 2. The summed E-state index contributed by atoms with van der Waals surface area (Å²) in [5.74, 6) is -1.80. The maximum atomic E-state index is 12.2. The molecule has 0 N–H and O–H groups in total. The summed E-state index contributed by atoms with van der Waals surface area (Å²) in [6.45, 7) is 0.662. The fourth-order valence-electron chi connectivity index (χ4n) is 3.04. The number of hydrazone groups is 1. The lowest BCUT2D eigenvalue weighted by molar-refractivity contribution is -0.145. The maximum absolute atomic E-state index is 12.2. The van der Waals surface area contributed by atoms with Crippen LogP contribution in [0.4, 0.5) is 0 Å². The third-order valence-corrected chi connectivity index (χ3v) is 4.00. The molecule has 0 bridgehead atoms. The normalized spacial score (nSPS) is 23.0. The topological polar surface area (TPSA) is 68.2 Å². The van der Waals surface area contributed by atoms with Crippen molar-refractivity contribution >= 4 is 17.7 Å². The quantitative estimate of drug-likeness (QED) is 0.757. The molecule has 0 saturated heterocycles. The molecule has 3 rings (SSSR count). The third-order valence-electron chi connectivity index (χ3n) is 4.00. The number of benzene rings is 1. The molecule has 0 radical (unpaired) electrons. The number of carbonyl (C=O) groups is 2. The predicted octanol–water partition coefficient (Wildman–Crippen LogP) is 0.918. The van der Waals surface area contributed by atoms with Gasteiger partial charge in [-0.2, -0.15) is 5.10 Å². The van der Waals surface area contributed by atoms with E-state index in [9.17, 15) is 9.59 Å². The van der Waals surface area contributed by atoms with Crippen LogP contribution in [0.15, 0.2) is 29.4 Å². The molecule has 0 spiro atoms. The molecular weight excluding hydrogens is 272 g/mol. The van der Waals surface area contributed by atoms with Gasteiger partial charge in [0.1, 0.15) is 5.92 Å².